The van der Waals surface area contributed by atoms with Crippen molar-refractivity contribution in [2.45, 2.75) is 52.1 Å². The summed E-state index contributed by atoms with van der Waals surface area (Å²) in [6.07, 6.45) is 1.08. The number of halogens is 1. The van der Waals surface area contributed by atoms with Gasteiger partial charge in [-0.1, -0.05) is 41.9 Å². The van der Waals surface area contributed by atoms with E-state index in [-0.39, 0.29) is 70.5 Å². The molecule has 0 atom stereocenters. The topological polar surface area (TPSA) is 122 Å². The van der Waals surface area contributed by atoms with Crippen LogP contribution < -0.4 is 10.6 Å². The summed E-state index contributed by atoms with van der Waals surface area (Å²) in [5.41, 5.74) is 1.18. The number of carbonyl (C=O) groups is 4. The zero-order chi connectivity index (χ0) is 27.9. The number of hydrogen-bond acceptors (Lipinski definition) is 6. The van der Waals surface area contributed by atoms with E-state index in [1.54, 1.807) is 20.8 Å². The van der Waals surface area contributed by atoms with Gasteiger partial charge in [0.2, 0.25) is 11.8 Å². The molecule has 0 unspecified atom stereocenters. The molecule has 2 amide bonds. The predicted octanol–water partition coefficient (Wildman–Crippen LogP) is 6.21. The van der Waals surface area contributed by atoms with Gasteiger partial charge in [0.25, 0.3) is 0 Å². The molecule has 0 fully saturated rings. The minimum absolute atomic E-state index is 0. The van der Waals surface area contributed by atoms with Crippen molar-refractivity contribution in [1.82, 2.24) is 0 Å². The first-order valence-electron chi connectivity index (χ1n) is 12.0. The van der Waals surface area contributed by atoms with Crippen LogP contribution in [0, 0.1) is 0 Å². The molecule has 3 aromatic rings. The van der Waals surface area contributed by atoms with Gasteiger partial charge in [0.15, 0.2) is 0 Å². The Hall–Kier alpha value is -2.69. The Morgan fingerprint density at radius 1 is 0.949 bits per heavy atom. The standard InChI is InChI=1S/C28H29ClN2O6S.Na.H/c1-28(2,3)37-27(36)24-20(17-9-5-4-6-10-17)16-38-25(24)31-23(33)12-8-7-11-22(32)30-21-14-13-18(29)15-19(21)26(34)35;;/h4-6,9-10,13-16H,7-8,11-12H2,1-3H3,(H,30,32)(H,31,33)(H,34,35);;. The van der Waals surface area contributed by atoms with Crippen LogP contribution in [0.2, 0.25) is 5.02 Å². The Balaban J connectivity index is 0.00000533. The van der Waals surface area contributed by atoms with Gasteiger partial charge >= 0.3 is 41.5 Å². The maximum absolute atomic E-state index is 13.0. The van der Waals surface area contributed by atoms with E-state index < -0.39 is 17.5 Å². The van der Waals surface area contributed by atoms with Crippen molar-refractivity contribution in [1.29, 1.82) is 0 Å². The van der Waals surface area contributed by atoms with Crippen molar-refractivity contribution >= 4 is 86.9 Å². The SMILES string of the molecule is CC(C)(C)OC(=O)c1c(-c2ccccc2)csc1NC(=O)CCCCC(=O)Nc1ccc(Cl)cc1C(=O)O.[NaH]. The number of nitrogens with one attached hydrogen (secondary N) is 2. The molecule has 1 heterocycles. The number of amides is 2. The van der Waals surface area contributed by atoms with Crippen molar-refractivity contribution in [2.24, 2.45) is 0 Å². The predicted molar refractivity (Wildman–Crippen MR) is 156 cm³/mol. The molecular weight excluding hydrogens is 551 g/mol. The second-order valence-corrected chi connectivity index (χ2v) is 10.8. The quantitative estimate of drug-likeness (QED) is 0.149. The summed E-state index contributed by atoms with van der Waals surface area (Å²) in [6, 6.07) is 13.6. The average Bonchev–Trinajstić information content (AvgIpc) is 3.26. The first kappa shape index (κ1) is 32.5. The molecule has 2 aromatic carbocycles. The summed E-state index contributed by atoms with van der Waals surface area (Å²) < 4.78 is 5.60. The van der Waals surface area contributed by atoms with Crippen LogP contribution in [-0.2, 0) is 14.3 Å². The molecule has 0 aliphatic rings. The van der Waals surface area contributed by atoms with Gasteiger partial charge in [-0.25, -0.2) is 9.59 Å². The Kier molecular flexibility index (Phi) is 12.2. The molecule has 202 valence electrons. The number of rotatable bonds is 10. The van der Waals surface area contributed by atoms with Gasteiger partial charge in [-0.3, -0.25) is 9.59 Å². The number of aromatic carboxylic acids is 1. The van der Waals surface area contributed by atoms with E-state index in [0.29, 0.717) is 29.0 Å². The molecule has 1 aromatic heterocycles. The van der Waals surface area contributed by atoms with Gasteiger partial charge in [-0.2, -0.15) is 0 Å². The second kappa shape index (κ2) is 14.6. The fraction of sp³-hybridized carbons (Fsp3) is 0.286. The van der Waals surface area contributed by atoms with Gasteiger partial charge < -0.3 is 20.5 Å². The fourth-order valence-corrected chi connectivity index (χ4v) is 4.73. The molecule has 0 saturated carbocycles. The molecule has 8 nitrogen and oxygen atoms in total. The van der Waals surface area contributed by atoms with Gasteiger partial charge in [0.1, 0.15) is 16.2 Å². The summed E-state index contributed by atoms with van der Waals surface area (Å²) in [5, 5.41) is 17.2. The molecule has 3 N–H and O–H groups in total. The number of esters is 1. The number of benzene rings is 2. The van der Waals surface area contributed by atoms with Crippen LogP contribution in [0.15, 0.2) is 53.9 Å². The van der Waals surface area contributed by atoms with Gasteiger partial charge in [-0.15, -0.1) is 11.3 Å². The van der Waals surface area contributed by atoms with E-state index in [9.17, 15) is 24.3 Å². The Morgan fingerprint density at radius 2 is 1.56 bits per heavy atom. The molecule has 0 aliphatic carbocycles. The van der Waals surface area contributed by atoms with Gasteiger partial charge in [0.05, 0.1) is 11.3 Å². The molecule has 0 spiro atoms. The number of hydrogen-bond donors (Lipinski definition) is 3. The number of carbonyl (C=O) groups excluding carboxylic acids is 3. The van der Waals surface area contributed by atoms with E-state index in [4.69, 9.17) is 16.3 Å². The monoisotopic (exact) mass is 580 g/mol. The summed E-state index contributed by atoms with van der Waals surface area (Å²) in [4.78, 5) is 49.4. The number of unbranched alkanes of at least 4 members (excludes halogenated alkanes) is 1. The Bertz CT molecular complexity index is 1340. The molecule has 39 heavy (non-hydrogen) atoms. The Labute approximate surface area is 258 Å². The van der Waals surface area contributed by atoms with Crippen molar-refractivity contribution in [2.75, 3.05) is 10.6 Å². The second-order valence-electron chi connectivity index (χ2n) is 9.52. The number of thiophene rings is 1. The number of carboxylic acids is 1. The van der Waals surface area contributed by atoms with E-state index in [0.717, 1.165) is 5.56 Å². The first-order chi connectivity index (χ1) is 17.9. The van der Waals surface area contributed by atoms with E-state index in [1.807, 2.05) is 35.7 Å². The zero-order valence-corrected chi connectivity index (χ0v) is 22.9. The van der Waals surface area contributed by atoms with E-state index in [1.165, 1.54) is 29.5 Å². The molecule has 0 bridgehead atoms. The summed E-state index contributed by atoms with van der Waals surface area (Å²) in [6.45, 7) is 5.34. The van der Waals surface area contributed by atoms with E-state index in [2.05, 4.69) is 10.6 Å². The molecule has 0 radical (unpaired) electrons. The molecule has 0 aliphatic heterocycles. The maximum atomic E-state index is 13.0. The summed E-state index contributed by atoms with van der Waals surface area (Å²) >= 11 is 7.09. The minimum atomic E-state index is -1.20. The van der Waals surface area contributed by atoms with E-state index >= 15 is 0 Å². The molecule has 3 rings (SSSR count). The van der Waals surface area contributed by atoms with Gasteiger partial charge in [0, 0.05) is 28.8 Å². The van der Waals surface area contributed by atoms with Gasteiger partial charge in [-0.05, 0) is 57.4 Å². The third kappa shape index (κ3) is 9.77. The summed E-state index contributed by atoms with van der Waals surface area (Å²) in [7, 11) is 0. The molecule has 0 saturated heterocycles. The molecular formula is C28H30ClN2NaO6S. The van der Waals surface area contributed by atoms with Crippen molar-refractivity contribution in [3.05, 3.63) is 70.1 Å². The van der Waals surface area contributed by atoms with Crippen LogP contribution in [0.1, 0.15) is 67.2 Å². The van der Waals surface area contributed by atoms with Crippen LogP contribution in [0.25, 0.3) is 11.1 Å². The fourth-order valence-electron chi connectivity index (χ4n) is 3.59. The van der Waals surface area contributed by atoms with Crippen LogP contribution >= 0.6 is 22.9 Å². The van der Waals surface area contributed by atoms with Crippen LogP contribution in [0.4, 0.5) is 10.7 Å². The number of ether oxygens (including phenoxy) is 1. The first-order valence-corrected chi connectivity index (χ1v) is 13.2. The van der Waals surface area contributed by atoms with Crippen molar-refractivity contribution < 1.29 is 29.0 Å². The normalized spacial score (nSPS) is 10.8. The molecule has 11 heteroatoms. The third-order valence-electron chi connectivity index (χ3n) is 5.28. The third-order valence-corrected chi connectivity index (χ3v) is 6.41. The Morgan fingerprint density at radius 3 is 2.15 bits per heavy atom. The van der Waals surface area contributed by atoms with Crippen LogP contribution in [0.3, 0.4) is 0 Å². The van der Waals surface area contributed by atoms with Crippen molar-refractivity contribution in [3.63, 3.8) is 0 Å². The van der Waals surface area contributed by atoms with Crippen molar-refractivity contribution in [3.8, 4) is 11.1 Å². The van der Waals surface area contributed by atoms with Crippen LogP contribution in [0.5, 0.6) is 0 Å². The average molecular weight is 581 g/mol. The number of anilines is 2. The van der Waals surface area contributed by atoms with Crippen LogP contribution in [-0.4, -0.2) is 64.0 Å². The zero-order valence-electron chi connectivity index (χ0n) is 21.3. The number of carboxylic acid groups (broad SMARTS) is 1. The summed E-state index contributed by atoms with van der Waals surface area (Å²) in [5.74, 6) is -2.38.